The lowest BCUT2D eigenvalue weighted by molar-refractivity contribution is 0.0635. The van der Waals surface area contributed by atoms with Gasteiger partial charge in [-0.15, -0.1) is 0 Å². The molecule has 2 aromatic heterocycles. The molecule has 2 amide bonds. The highest BCUT2D eigenvalue weighted by atomic mass is 16.6. The Kier molecular flexibility index (Phi) is 6.06. The van der Waals surface area contributed by atoms with Gasteiger partial charge < -0.3 is 10.1 Å². The minimum absolute atomic E-state index is 0.220. The van der Waals surface area contributed by atoms with E-state index in [0.29, 0.717) is 22.2 Å². The summed E-state index contributed by atoms with van der Waals surface area (Å²) in [6.45, 7) is 9.22. The monoisotopic (exact) mass is 457 g/mol. The summed E-state index contributed by atoms with van der Waals surface area (Å²) in [5, 5.41) is 5.80. The highest BCUT2D eigenvalue weighted by Crippen LogP contribution is 2.30. The number of fused-ring (bicyclic) bond motifs is 2. The van der Waals surface area contributed by atoms with Gasteiger partial charge in [-0.25, -0.2) is 9.78 Å². The van der Waals surface area contributed by atoms with Crippen LogP contribution in [0.25, 0.3) is 27.7 Å². The smallest absolute Gasteiger partial charge is 0.412 e. The summed E-state index contributed by atoms with van der Waals surface area (Å²) < 4.78 is 6.72. The average molecular weight is 458 g/mol. The Hall–Kier alpha value is -4.20. The fraction of sp³-hybridized carbons (Fsp3) is 0.192. The summed E-state index contributed by atoms with van der Waals surface area (Å²) in [6.07, 6.45) is 1.01. The van der Waals surface area contributed by atoms with Gasteiger partial charge in [-0.2, -0.15) is 0 Å². The minimum atomic E-state index is -0.632. The third kappa shape index (κ3) is 4.61. The van der Waals surface area contributed by atoms with Crippen molar-refractivity contribution >= 4 is 34.2 Å². The van der Waals surface area contributed by atoms with Crippen molar-refractivity contribution in [3.05, 3.63) is 83.6 Å². The highest BCUT2D eigenvalue weighted by molar-refractivity contribution is 6.01. The second-order valence-electron chi connectivity index (χ2n) is 8.69. The van der Waals surface area contributed by atoms with Gasteiger partial charge in [-0.3, -0.25) is 19.3 Å². The number of rotatable bonds is 4. The summed E-state index contributed by atoms with van der Waals surface area (Å²) in [7, 11) is 0. The maximum absolute atomic E-state index is 13.3. The van der Waals surface area contributed by atoms with E-state index in [1.165, 1.54) is 4.40 Å². The number of hydrogen-bond donors (Lipinski definition) is 2. The molecule has 0 aliphatic carbocycles. The van der Waals surface area contributed by atoms with Crippen LogP contribution in [-0.4, -0.2) is 33.5 Å². The predicted octanol–water partition coefficient (Wildman–Crippen LogP) is 4.43. The molecule has 2 heterocycles. The van der Waals surface area contributed by atoms with E-state index in [9.17, 15) is 14.4 Å². The molecule has 173 valence electrons. The second kappa shape index (κ2) is 8.97. The van der Waals surface area contributed by atoms with E-state index in [1.54, 1.807) is 63.4 Å². The summed E-state index contributed by atoms with van der Waals surface area (Å²) in [6, 6.07) is 15.8. The van der Waals surface area contributed by atoms with Gasteiger partial charge in [0.05, 0.1) is 22.2 Å². The summed E-state index contributed by atoms with van der Waals surface area (Å²) >= 11 is 0. The topological polar surface area (TPSA) is 102 Å². The Bertz CT molecular complexity index is 1470. The van der Waals surface area contributed by atoms with Gasteiger partial charge in [0.1, 0.15) is 5.60 Å². The van der Waals surface area contributed by atoms with Crippen LogP contribution in [0.15, 0.2) is 65.6 Å². The molecule has 8 nitrogen and oxygen atoms in total. The summed E-state index contributed by atoms with van der Waals surface area (Å²) in [5.74, 6) is -0.349. The van der Waals surface area contributed by atoms with Crippen molar-refractivity contribution in [1.82, 2.24) is 14.7 Å². The highest BCUT2D eigenvalue weighted by Gasteiger charge is 2.18. The molecule has 8 heteroatoms. The van der Waals surface area contributed by atoms with E-state index >= 15 is 0 Å². The lowest BCUT2D eigenvalue weighted by Gasteiger charge is -2.20. The Labute approximate surface area is 196 Å². The Balaban J connectivity index is 1.81. The number of anilines is 1. The zero-order valence-corrected chi connectivity index (χ0v) is 19.2. The van der Waals surface area contributed by atoms with Gasteiger partial charge in [0.25, 0.3) is 11.5 Å². The normalized spacial score (nSPS) is 11.4. The van der Waals surface area contributed by atoms with E-state index in [4.69, 9.17) is 4.74 Å². The van der Waals surface area contributed by atoms with Crippen molar-refractivity contribution in [3.63, 3.8) is 0 Å². The van der Waals surface area contributed by atoms with Crippen LogP contribution in [0, 0.1) is 6.92 Å². The van der Waals surface area contributed by atoms with Crippen molar-refractivity contribution in [2.75, 3.05) is 11.9 Å². The van der Waals surface area contributed by atoms with Gasteiger partial charge in [-0.05, 0) is 63.6 Å². The molecule has 0 saturated carbocycles. The number of ether oxygens (including phenoxy) is 1. The fourth-order valence-corrected chi connectivity index (χ4v) is 3.64. The van der Waals surface area contributed by atoms with E-state index in [1.807, 2.05) is 18.2 Å². The first kappa shape index (κ1) is 23.0. The van der Waals surface area contributed by atoms with E-state index < -0.39 is 11.7 Å². The molecule has 0 aliphatic rings. The number of hydrogen-bond acceptors (Lipinski definition) is 5. The Morgan fingerprint density at radius 1 is 1.09 bits per heavy atom. The number of pyridine rings is 1. The Morgan fingerprint density at radius 3 is 2.59 bits per heavy atom. The SMILES string of the molecule is [CH2]CNC(=O)c1cccn2c(=O)c3cc(-c4ccccc4NC(=O)OC(C)(C)C)ccc3nc12. The van der Waals surface area contributed by atoms with Gasteiger partial charge in [0.2, 0.25) is 0 Å². The molecule has 0 aliphatic heterocycles. The predicted molar refractivity (Wildman–Crippen MR) is 132 cm³/mol. The molecule has 4 rings (SSSR count). The first-order valence-corrected chi connectivity index (χ1v) is 10.8. The van der Waals surface area contributed by atoms with Gasteiger partial charge >= 0.3 is 6.09 Å². The van der Waals surface area contributed by atoms with E-state index in [2.05, 4.69) is 22.5 Å². The van der Waals surface area contributed by atoms with Crippen LogP contribution >= 0.6 is 0 Å². The molecular weight excluding hydrogens is 432 g/mol. The molecule has 34 heavy (non-hydrogen) atoms. The number of benzene rings is 2. The second-order valence-corrected chi connectivity index (χ2v) is 8.69. The number of nitrogens with one attached hydrogen (secondary N) is 2. The zero-order chi connectivity index (χ0) is 24.5. The molecule has 2 aromatic carbocycles. The third-order valence-corrected chi connectivity index (χ3v) is 5.04. The average Bonchev–Trinajstić information content (AvgIpc) is 2.78. The standard InChI is InChI=1S/C26H25N4O4/c1-5-27-23(31)18-10-8-14-30-22(18)28-21-13-12-16(15-19(21)24(30)32)17-9-6-7-11-20(17)29-25(33)34-26(2,3)4/h6-15H,1,5H2,2-4H3,(H,27,31)(H,29,33). The summed E-state index contributed by atoms with van der Waals surface area (Å²) in [4.78, 5) is 42.6. The van der Waals surface area contributed by atoms with Crippen LogP contribution in [0.5, 0.6) is 0 Å². The molecule has 0 atom stereocenters. The molecule has 2 N–H and O–H groups in total. The molecule has 0 bridgehead atoms. The molecule has 0 saturated heterocycles. The van der Waals surface area contributed by atoms with Gasteiger partial charge in [-0.1, -0.05) is 24.3 Å². The van der Waals surface area contributed by atoms with Crippen molar-refractivity contribution in [2.45, 2.75) is 26.4 Å². The fourth-order valence-electron chi connectivity index (χ4n) is 3.64. The molecule has 0 fully saturated rings. The van der Waals surface area contributed by atoms with Crippen LogP contribution in [0.1, 0.15) is 31.1 Å². The van der Waals surface area contributed by atoms with E-state index in [0.717, 1.165) is 11.1 Å². The summed E-state index contributed by atoms with van der Waals surface area (Å²) in [5.41, 5.74) is 2.09. The maximum atomic E-state index is 13.3. The lowest BCUT2D eigenvalue weighted by Crippen LogP contribution is -2.27. The number of carbonyl (C=O) groups is 2. The number of amides is 2. The maximum Gasteiger partial charge on any atom is 0.412 e. The molecule has 1 radical (unpaired) electrons. The largest absolute Gasteiger partial charge is 0.444 e. The van der Waals surface area contributed by atoms with Gasteiger partial charge in [0.15, 0.2) is 5.65 Å². The first-order chi connectivity index (χ1) is 16.2. The molecule has 4 aromatic rings. The number of nitrogens with zero attached hydrogens (tertiary/aromatic N) is 2. The van der Waals surface area contributed by atoms with Crippen molar-refractivity contribution in [1.29, 1.82) is 0 Å². The van der Waals surface area contributed by atoms with Crippen LogP contribution < -0.4 is 16.2 Å². The van der Waals surface area contributed by atoms with Crippen molar-refractivity contribution < 1.29 is 14.3 Å². The van der Waals surface area contributed by atoms with E-state index in [-0.39, 0.29) is 23.7 Å². The van der Waals surface area contributed by atoms with Gasteiger partial charge in [0, 0.05) is 18.3 Å². The molecule has 0 spiro atoms. The number of para-hydroxylation sites is 1. The van der Waals surface area contributed by atoms with Crippen LogP contribution in [0.3, 0.4) is 0 Å². The zero-order valence-electron chi connectivity index (χ0n) is 19.2. The lowest BCUT2D eigenvalue weighted by atomic mass is 10.0. The van der Waals surface area contributed by atoms with Crippen molar-refractivity contribution in [3.8, 4) is 11.1 Å². The number of aromatic nitrogens is 2. The Morgan fingerprint density at radius 2 is 1.85 bits per heavy atom. The van der Waals surface area contributed by atoms with Crippen LogP contribution in [0.2, 0.25) is 0 Å². The quantitative estimate of drug-likeness (QED) is 0.442. The minimum Gasteiger partial charge on any atom is -0.444 e. The molecular formula is C26H25N4O4. The third-order valence-electron chi connectivity index (χ3n) is 5.04. The molecule has 0 unspecified atom stereocenters. The van der Waals surface area contributed by atoms with Crippen LogP contribution in [-0.2, 0) is 4.74 Å². The van der Waals surface area contributed by atoms with Crippen LogP contribution in [0.4, 0.5) is 10.5 Å². The van der Waals surface area contributed by atoms with Crippen molar-refractivity contribution in [2.24, 2.45) is 0 Å². The first-order valence-electron chi connectivity index (χ1n) is 10.8. The number of carbonyl (C=O) groups excluding carboxylic acids is 2.